The van der Waals surface area contributed by atoms with Crippen molar-refractivity contribution in [3.05, 3.63) is 93.9 Å². The molecule has 0 bridgehead atoms. The lowest BCUT2D eigenvalue weighted by atomic mass is 10.1. The monoisotopic (exact) mass is 502 g/mol. The van der Waals surface area contributed by atoms with Crippen molar-refractivity contribution in [3.8, 4) is 11.5 Å². The minimum Gasteiger partial charge on any atom is -0.493 e. The lowest BCUT2D eigenvalue weighted by Crippen LogP contribution is -2.28. The molecular formula is C28H26N2O5S. The molecule has 1 N–H and O–H groups in total. The molecule has 1 saturated heterocycles. The molecule has 0 saturated carbocycles. The van der Waals surface area contributed by atoms with Crippen molar-refractivity contribution in [1.29, 1.82) is 0 Å². The van der Waals surface area contributed by atoms with Crippen molar-refractivity contribution in [3.63, 3.8) is 0 Å². The molecule has 0 radical (unpaired) electrons. The van der Waals surface area contributed by atoms with E-state index in [4.69, 9.17) is 14.6 Å². The number of amidine groups is 1. The van der Waals surface area contributed by atoms with Gasteiger partial charge in [-0.3, -0.25) is 9.69 Å². The highest BCUT2D eigenvalue weighted by molar-refractivity contribution is 8.18. The zero-order valence-corrected chi connectivity index (χ0v) is 21.0. The highest BCUT2D eigenvalue weighted by Crippen LogP contribution is 2.36. The van der Waals surface area contributed by atoms with E-state index >= 15 is 0 Å². The van der Waals surface area contributed by atoms with Gasteiger partial charge in [-0.25, -0.2) is 9.79 Å². The molecule has 8 heteroatoms. The highest BCUT2D eigenvalue weighted by atomic mass is 32.2. The van der Waals surface area contributed by atoms with E-state index in [1.165, 1.54) is 29.5 Å². The van der Waals surface area contributed by atoms with Crippen molar-refractivity contribution >= 4 is 40.6 Å². The number of ether oxygens (including phenoxy) is 2. The van der Waals surface area contributed by atoms with Gasteiger partial charge in [0.1, 0.15) is 6.61 Å². The fourth-order valence-corrected chi connectivity index (χ4v) is 4.61. The zero-order valence-electron chi connectivity index (χ0n) is 20.2. The number of hydrogen-bond donors (Lipinski definition) is 1. The van der Waals surface area contributed by atoms with Crippen molar-refractivity contribution in [2.45, 2.75) is 20.5 Å². The molecule has 36 heavy (non-hydrogen) atoms. The Morgan fingerprint density at radius 2 is 1.78 bits per heavy atom. The van der Waals surface area contributed by atoms with E-state index < -0.39 is 5.97 Å². The molecule has 0 unspecified atom stereocenters. The van der Waals surface area contributed by atoms with Gasteiger partial charge in [0.2, 0.25) is 0 Å². The second kappa shape index (κ2) is 11.1. The van der Waals surface area contributed by atoms with Crippen LogP contribution in [0.4, 0.5) is 5.69 Å². The summed E-state index contributed by atoms with van der Waals surface area (Å²) in [6.45, 7) is 4.81. The Labute approximate surface area is 214 Å². The van der Waals surface area contributed by atoms with E-state index in [-0.39, 0.29) is 11.5 Å². The number of likely N-dealkylation sites (N-methyl/N-ethyl adjacent to an activating group) is 1. The first-order valence-electron chi connectivity index (χ1n) is 11.4. The Morgan fingerprint density at radius 3 is 2.42 bits per heavy atom. The van der Waals surface area contributed by atoms with E-state index in [1.54, 1.807) is 30.2 Å². The number of rotatable bonds is 8. The molecule has 1 heterocycles. The van der Waals surface area contributed by atoms with Gasteiger partial charge in [0, 0.05) is 6.54 Å². The van der Waals surface area contributed by atoms with Gasteiger partial charge in [-0.1, -0.05) is 35.9 Å². The molecule has 0 aromatic heterocycles. The smallest absolute Gasteiger partial charge is 0.335 e. The van der Waals surface area contributed by atoms with Gasteiger partial charge >= 0.3 is 5.97 Å². The van der Waals surface area contributed by atoms with E-state index in [2.05, 4.69) is 4.99 Å². The average molecular weight is 503 g/mol. The molecule has 184 valence electrons. The van der Waals surface area contributed by atoms with Crippen LogP contribution >= 0.6 is 11.8 Å². The number of carbonyl (C=O) groups is 2. The fourth-order valence-electron chi connectivity index (χ4n) is 3.55. The number of carboxylic acid groups (broad SMARTS) is 1. The summed E-state index contributed by atoms with van der Waals surface area (Å²) >= 11 is 1.28. The standard InChI is InChI=1S/C28H26N2O5S/c1-4-30-26(31)25(36-28(30)29-22-12-10-21(11-13-22)27(32)33)16-20-9-14-23(24(15-20)34-3)35-17-19-7-5-18(2)6-8-19/h5-16H,4,17H2,1-3H3,(H,32,33)/b25-16-,29-28?. The number of aliphatic imine (C=N–C) groups is 1. The lowest BCUT2D eigenvalue weighted by Gasteiger charge is -2.12. The zero-order chi connectivity index (χ0) is 25.7. The summed E-state index contributed by atoms with van der Waals surface area (Å²) in [5.41, 5.74) is 3.81. The number of methoxy groups -OCH3 is 1. The number of amides is 1. The molecular weight excluding hydrogens is 476 g/mol. The van der Waals surface area contributed by atoms with Gasteiger partial charge in [0.05, 0.1) is 23.3 Å². The quantitative estimate of drug-likeness (QED) is 0.386. The van der Waals surface area contributed by atoms with Crippen LogP contribution in [0.3, 0.4) is 0 Å². The van der Waals surface area contributed by atoms with Crippen molar-refractivity contribution in [2.24, 2.45) is 4.99 Å². The molecule has 3 aromatic rings. The summed E-state index contributed by atoms with van der Waals surface area (Å²) < 4.78 is 11.5. The predicted octanol–water partition coefficient (Wildman–Crippen LogP) is 5.90. The summed E-state index contributed by atoms with van der Waals surface area (Å²) in [6, 6.07) is 19.9. The van der Waals surface area contributed by atoms with E-state index in [0.717, 1.165) is 11.1 Å². The topological polar surface area (TPSA) is 88.4 Å². The van der Waals surface area contributed by atoms with Crippen LogP contribution < -0.4 is 9.47 Å². The second-order valence-electron chi connectivity index (χ2n) is 8.09. The van der Waals surface area contributed by atoms with Crippen LogP contribution in [-0.2, 0) is 11.4 Å². The van der Waals surface area contributed by atoms with Crippen molar-refractivity contribution in [2.75, 3.05) is 13.7 Å². The fraction of sp³-hybridized carbons (Fsp3) is 0.179. The highest BCUT2D eigenvalue weighted by Gasteiger charge is 2.32. The van der Waals surface area contributed by atoms with E-state index in [0.29, 0.717) is 40.4 Å². The third-order valence-electron chi connectivity index (χ3n) is 5.54. The third-order valence-corrected chi connectivity index (χ3v) is 6.55. The summed E-state index contributed by atoms with van der Waals surface area (Å²) in [5.74, 6) is 0.0589. The SMILES string of the molecule is CCN1C(=O)/C(=C/c2ccc(OCc3ccc(C)cc3)c(OC)c2)SC1=Nc1ccc(C(=O)O)cc1. The van der Waals surface area contributed by atoms with Crippen LogP contribution in [0, 0.1) is 6.92 Å². The van der Waals surface area contributed by atoms with Gasteiger partial charge in [0.15, 0.2) is 16.7 Å². The maximum atomic E-state index is 13.0. The first-order valence-corrected chi connectivity index (χ1v) is 12.2. The Kier molecular flexibility index (Phi) is 7.75. The molecule has 1 fully saturated rings. The number of aryl methyl sites for hydroxylation is 1. The molecule has 7 nitrogen and oxygen atoms in total. The van der Waals surface area contributed by atoms with Crippen LogP contribution in [0.1, 0.15) is 34.0 Å². The number of aromatic carboxylic acids is 1. The maximum Gasteiger partial charge on any atom is 0.335 e. The minimum absolute atomic E-state index is 0.137. The van der Waals surface area contributed by atoms with Gasteiger partial charge in [-0.05, 0) is 79.2 Å². The molecule has 1 amide bonds. The summed E-state index contributed by atoms with van der Waals surface area (Å²) in [4.78, 5) is 30.8. The molecule has 0 aliphatic carbocycles. The molecule has 4 rings (SSSR count). The average Bonchev–Trinajstić information content (AvgIpc) is 3.17. The van der Waals surface area contributed by atoms with Gasteiger partial charge < -0.3 is 14.6 Å². The number of carboxylic acids is 1. The van der Waals surface area contributed by atoms with Crippen molar-refractivity contribution < 1.29 is 24.2 Å². The normalized spacial score (nSPS) is 15.5. The minimum atomic E-state index is -0.998. The molecule has 0 atom stereocenters. The number of nitrogens with zero attached hydrogens (tertiary/aromatic N) is 2. The van der Waals surface area contributed by atoms with Crippen LogP contribution in [-0.4, -0.2) is 40.7 Å². The molecule has 0 spiro atoms. The van der Waals surface area contributed by atoms with Gasteiger partial charge in [0.25, 0.3) is 5.91 Å². The molecule has 1 aliphatic rings. The van der Waals surface area contributed by atoms with Gasteiger partial charge in [-0.15, -0.1) is 0 Å². The van der Waals surface area contributed by atoms with E-state index in [1.807, 2.05) is 56.3 Å². The number of carbonyl (C=O) groups excluding carboxylic acids is 1. The Hall–Kier alpha value is -4.04. The Morgan fingerprint density at radius 1 is 1.06 bits per heavy atom. The second-order valence-corrected chi connectivity index (χ2v) is 9.10. The summed E-state index contributed by atoms with van der Waals surface area (Å²) in [7, 11) is 1.58. The Balaban J connectivity index is 1.53. The molecule has 3 aromatic carbocycles. The third kappa shape index (κ3) is 5.78. The van der Waals surface area contributed by atoms with Crippen molar-refractivity contribution in [1.82, 2.24) is 4.90 Å². The van der Waals surface area contributed by atoms with Crippen LogP contribution in [0.15, 0.2) is 76.6 Å². The summed E-state index contributed by atoms with van der Waals surface area (Å²) in [6.07, 6.45) is 1.80. The number of thioether (sulfide) groups is 1. The van der Waals surface area contributed by atoms with Crippen LogP contribution in [0.5, 0.6) is 11.5 Å². The summed E-state index contributed by atoms with van der Waals surface area (Å²) in [5, 5.41) is 9.62. The molecule has 1 aliphatic heterocycles. The maximum absolute atomic E-state index is 13.0. The number of benzene rings is 3. The first kappa shape index (κ1) is 25.1. The van der Waals surface area contributed by atoms with Gasteiger partial charge in [-0.2, -0.15) is 0 Å². The predicted molar refractivity (Wildman–Crippen MR) is 142 cm³/mol. The first-order chi connectivity index (χ1) is 17.4. The van der Waals surface area contributed by atoms with E-state index in [9.17, 15) is 9.59 Å². The van der Waals surface area contributed by atoms with Crippen LogP contribution in [0.2, 0.25) is 0 Å². The largest absolute Gasteiger partial charge is 0.493 e. The Bertz CT molecular complexity index is 1330. The lowest BCUT2D eigenvalue weighted by molar-refractivity contribution is -0.122. The number of hydrogen-bond acceptors (Lipinski definition) is 6. The van der Waals surface area contributed by atoms with Crippen LogP contribution in [0.25, 0.3) is 6.08 Å².